The van der Waals surface area contributed by atoms with Gasteiger partial charge >= 0.3 is 6.18 Å². The van der Waals surface area contributed by atoms with Crippen molar-refractivity contribution in [3.05, 3.63) is 0 Å². The second-order valence-electron chi connectivity index (χ2n) is 1.21. The lowest BCUT2D eigenvalue weighted by molar-refractivity contribution is -0.195. The molecular weight excluding hydrogens is 189 g/mol. The van der Waals surface area contributed by atoms with Crippen molar-refractivity contribution in [2.24, 2.45) is 0 Å². The predicted octanol–water partition coefficient (Wildman–Crippen LogP) is 1.30. The second kappa shape index (κ2) is 2.68. The minimum absolute atomic E-state index is 0.462. The van der Waals surface area contributed by atoms with Gasteiger partial charge in [-0.3, -0.25) is 0 Å². The summed E-state index contributed by atoms with van der Waals surface area (Å²) in [7, 11) is 0. The smallest absolute Gasteiger partial charge is 0.383 e. The van der Waals surface area contributed by atoms with Gasteiger partial charge in [-0.05, 0) is 0 Å². The van der Waals surface area contributed by atoms with Gasteiger partial charge in [0.1, 0.15) is 0 Å². The largest absolute Gasteiger partial charge is 0.415 e. The molecule has 0 aromatic rings. The molecule has 0 saturated heterocycles. The van der Waals surface area contributed by atoms with E-state index in [2.05, 4.69) is 15.9 Å². The molecule has 1 nitrogen and oxygen atoms in total. The van der Waals surface area contributed by atoms with E-state index in [0.717, 1.165) is 0 Å². The quantitative estimate of drug-likeness (QED) is 0.622. The molecule has 1 N–H and O–H groups in total. The third kappa shape index (κ3) is 2.52. The van der Waals surface area contributed by atoms with E-state index in [4.69, 9.17) is 5.11 Å². The van der Waals surface area contributed by atoms with Crippen molar-refractivity contribution in [3.63, 3.8) is 0 Å². The van der Waals surface area contributed by atoms with Gasteiger partial charge in [0.15, 0.2) is 6.10 Å². The Kier molecular flexibility index (Phi) is 2.76. The first-order valence-corrected chi connectivity index (χ1v) is 2.91. The number of rotatable bonds is 1. The molecule has 0 aliphatic rings. The van der Waals surface area contributed by atoms with Crippen LogP contribution < -0.4 is 0 Å². The summed E-state index contributed by atoms with van der Waals surface area (Å²) in [6.45, 7) is 0. The Morgan fingerprint density at radius 1 is 1.50 bits per heavy atom. The van der Waals surface area contributed by atoms with E-state index in [1.54, 1.807) is 0 Å². The molecule has 0 unspecified atom stereocenters. The first kappa shape index (κ1) is 8.23. The minimum Gasteiger partial charge on any atom is -0.383 e. The summed E-state index contributed by atoms with van der Waals surface area (Å²) in [5, 5.41) is 7.56. The summed E-state index contributed by atoms with van der Waals surface area (Å²) in [4.78, 5) is 0. The van der Waals surface area contributed by atoms with Gasteiger partial charge in [0.25, 0.3) is 0 Å². The Labute approximate surface area is 52.6 Å². The molecule has 0 saturated carbocycles. The average Bonchev–Trinajstić information content (AvgIpc) is 1.62. The minimum atomic E-state index is -4.48. The molecule has 1 atom stereocenters. The summed E-state index contributed by atoms with van der Waals surface area (Å²) in [6.07, 6.45) is -6.72. The van der Waals surface area contributed by atoms with Crippen molar-refractivity contribution in [3.8, 4) is 0 Å². The number of hydrogen-bond donors (Lipinski definition) is 1. The lowest BCUT2D eigenvalue weighted by atomic mass is 10.4. The van der Waals surface area contributed by atoms with Gasteiger partial charge in [0.2, 0.25) is 0 Å². The maximum absolute atomic E-state index is 11.2. The number of alkyl halides is 4. The maximum Gasteiger partial charge on any atom is 0.415 e. The highest BCUT2D eigenvalue weighted by molar-refractivity contribution is 9.09. The van der Waals surface area contributed by atoms with Crippen LogP contribution in [-0.2, 0) is 0 Å². The van der Waals surface area contributed by atoms with E-state index < -0.39 is 17.6 Å². The van der Waals surface area contributed by atoms with Crippen molar-refractivity contribution in [1.29, 1.82) is 0 Å². The zero-order chi connectivity index (χ0) is 6.78. The van der Waals surface area contributed by atoms with Crippen LogP contribution in [0.25, 0.3) is 0 Å². The summed E-state index contributed by atoms with van der Waals surface area (Å²) in [5.74, 6) is 0. The standard InChI is InChI=1S/C3H4BrF3O/c4-1-2(8)3(5,6)7/h2,8H,1H2/t2-/m0/s1. The Hall–Kier alpha value is 0.230. The second-order valence-corrected chi connectivity index (χ2v) is 1.86. The van der Waals surface area contributed by atoms with Crippen LogP contribution in [0.2, 0.25) is 0 Å². The van der Waals surface area contributed by atoms with Crippen LogP contribution in [0.15, 0.2) is 0 Å². The third-order valence-corrected chi connectivity index (χ3v) is 1.14. The highest BCUT2D eigenvalue weighted by Gasteiger charge is 2.36. The molecule has 0 aromatic heterocycles. The normalized spacial score (nSPS) is 16.1. The first-order valence-electron chi connectivity index (χ1n) is 1.79. The number of aliphatic hydroxyl groups excluding tert-OH is 1. The molecule has 0 aliphatic heterocycles. The van der Waals surface area contributed by atoms with Gasteiger partial charge < -0.3 is 5.11 Å². The van der Waals surface area contributed by atoms with Crippen LogP contribution in [0.4, 0.5) is 13.2 Å². The topological polar surface area (TPSA) is 20.2 Å². The molecule has 0 spiro atoms. The van der Waals surface area contributed by atoms with Crippen molar-refractivity contribution >= 4 is 15.9 Å². The van der Waals surface area contributed by atoms with Crippen LogP contribution in [0, 0.1) is 0 Å². The SMILES string of the molecule is O[C@@H](CBr)C(F)(F)F. The fraction of sp³-hybridized carbons (Fsp3) is 1.00. The number of hydrogen-bond acceptors (Lipinski definition) is 1. The molecule has 0 fully saturated rings. The summed E-state index contributed by atoms with van der Waals surface area (Å²) >= 11 is 2.48. The Morgan fingerprint density at radius 2 is 1.88 bits per heavy atom. The third-order valence-electron chi connectivity index (χ3n) is 0.524. The molecular formula is C3H4BrF3O. The van der Waals surface area contributed by atoms with Crippen molar-refractivity contribution in [2.75, 3.05) is 5.33 Å². The fourth-order valence-corrected chi connectivity index (χ4v) is 0.455. The monoisotopic (exact) mass is 192 g/mol. The molecule has 0 radical (unpaired) electrons. The maximum atomic E-state index is 11.2. The molecule has 8 heavy (non-hydrogen) atoms. The zero-order valence-corrected chi connectivity index (χ0v) is 5.33. The lowest BCUT2D eigenvalue weighted by Crippen LogP contribution is -2.29. The summed E-state index contributed by atoms with van der Waals surface area (Å²) < 4.78 is 33.5. The van der Waals surface area contributed by atoms with E-state index in [9.17, 15) is 13.2 Å². The van der Waals surface area contributed by atoms with Crippen LogP contribution in [-0.4, -0.2) is 22.7 Å². The van der Waals surface area contributed by atoms with E-state index in [-0.39, 0.29) is 0 Å². The van der Waals surface area contributed by atoms with Crippen LogP contribution >= 0.6 is 15.9 Å². The lowest BCUT2D eigenvalue weighted by Gasteiger charge is -2.09. The fourth-order valence-electron chi connectivity index (χ4n) is 0.0875. The number of halogens is 4. The molecule has 50 valence electrons. The van der Waals surface area contributed by atoms with Gasteiger partial charge in [-0.15, -0.1) is 0 Å². The summed E-state index contributed by atoms with van der Waals surface area (Å²) in [5.41, 5.74) is 0. The van der Waals surface area contributed by atoms with Gasteiger partial charge in [-0.2, -0.15) is 13.2 Å². The molecule has 0 amide bonds. The van der Waals surface area contributed by atoms with E-state index >= 15 is 0 Å². The number of aliphatic hydroxyl groups is 1. The first-order chi connectivity index (χ1) is 3.48. The summed E-state index contributed by atoms with van der Waals surface area (Å²) in [6, 6.07) is 0. The Morgan fingerprint density at radius 3 is 1.88 bits per heavy atom. The van der Waals surface area contributed by atoms with Crippen molar-refractivity contribution in [1.82, 2.24) is 0 Å². The van der Waals surface area contributed by atoms with Crippen LogP contribution in [0.5, 0.6) is 0 Å². The van der Waals surface area contributed by atoms with Gasteiger partial charge in [-0.1, -0.05) is 15.9 Å². The van der Waals surface area contributed by atoms with Gasteiger partial charge in [0, 0.05) is 5.33 Å². The molecule has 0 aromatic carbocycles. The van der Waals surface area contributed by atoms with E-state index in [1.807, 2.05) is 0 Å². The van der Waals surface area contributed by atoms with Crippen molar-refractivity contribution in [2.45, 2.75) is 12.3 Å². The van der Waals surface area contributed by atoms with E-state index in [0.29, 0.717) is 0 Å². The highest BCUT2D eigenvalue weighted by Crippen LogP contribution is 2.20. The molecule has 0 aliphatic carbocycles. The molecule has 0 rings (SSSR count). The zero-order valence-electron chi connectivity index (χ0n) is 3.74. The van der Waals surface area contributed by atoms with E-state index in [1.165, 1.54) is 0 Å². The average molecular weight is 193 g/mol. The molecule has 5 heteroatoms. The van der Waals surface area contributed by atoms with Crippen LogP contribution in [0.3, 0.4) is 0 Å². The van der Waals surface area contributed by atoms with Crippen LogP contribution in [0.1, 0.15) is 0 Å². The molecule has 0 bridgehead atoms. The van der Waals surface area contributed by atoms with Gasteiger partial charge in [-0.25, -0.2) is 0 Å². The Balaban J connectivity index is 3.62. The predicted molar refractivity (Wildman–Crippen MR) is 25.9 cm³/mol. The molecule has 0 heterocycles. The van der Waals surface area contributed by atoms with Crippen molar-refractivity contribution < 1.29 is 18.3 Å². The van der Waals surface area contributed by atoms with Gasteiger partial charge in [0.05, 0.1) is 0 Å². The Bertz CT molecular complexity index is 71.4. The highest BCUT2D eigenvalue weighted by atomic mass is 79.9.